The second-order valence-corrected chi connectivity index (χ2v) is 7.87. The zero-order valence-corrected chi connectivity index (χ0v) is 15.1. The highest BCUT2D eigenvalue weighted by molar-refractivity contribution is 7.07. The van der Waals surface area contributed by atoms with Crippen LogP contribution in [0.2, 0.25) is 0 Å². The first-order valence-corrected chi connectivity index (χ1v) is 8.75. The number of H-pyrrole nitrogens is 1. The molecule has 0 saturated carbocycles. The molecule has 0 atom stereocenters. The van der Waals surface area contributed by atoms with Gasteiger partial charge in [-0.3, -0.25) is 9.59 Å². The minimum atomic E-state index is -0.274. The fraction of sp³-hybridized carbons (Fsp3) is 0.200. The van der Waals surface area contributed by atoms with Crippen LogP contribution in [-0.4, -0.2) is 10.8 Å². The highest BCUT2D eigenvalue weighted by Crippen LogP contribution is 2.22. The van der Waals surface area contributed by atoms with Crippen LogP contribution in [0.5, 0.6) is 0 Å². The normalized spacial score (nSPS) is 13.4. The molecule has 128 valence electrons. The first-order valence-electron chi connectivity index (χ1n) is 7.94. The van der Waals surface area contributed by atoms with Gasteiger partial charge in [0.2, 0.25) is 5.78 Å². The molecule has 3 rings (SSSR count). The maximum atomic E-state index is 12.1. The van der Waals surface area contributed by atoms with Gasteiger partial charge in [0.15, 0.2) is 5.76 Å². The number of aromatic nitrogens is 1. The smallest absolute Gasteiger partial charge is 0.266 e. The third-order valence-electron chi connectivity index (χ3n) is 3.78. The summed E-state index contributed by atoms with van der Waals surface area (Å²) in [5, 5.41) is 0. The lowest BCUT2D eigenvalue weighted by molar-refractivity contribution is 0.103. The Bertz CT molecular complexity index is 1050. The lowest BCUT2D eigenvalue weighted by Crippen LogP contribution is -2.20. The predicted octanol–water partition coefficient (Wildman–Crippen LogP) is 2.82. The van der Waals surface area contributed by atoms with Crippen LogP contribution in [0.25, 0.3) is 12.2 Å². The number of furan rings is 1. The molecule has 0 fully saturated rings. The van der Waals surface area contributed by atoms with Crippen molar-refractivity contribution in [1.29, 1.82) is 0 Å². The van der Waals surface area contributed by atoms with Crippen molar-refractivity contribution in [3.63, 3.8) is 0 Å². The molecule has 0 spiro atoms. The molecule has 0 radical (unpaired) electrons. The molecule has 4 nitrogen and oxygen atoms in total. The van der Waals surface area contributed by atoms with Crippen molar-refractivity contribution in [1.82, 2.24) is 4.98 Å². The number of hydrogen-bond acceptors (Lipinski definition) is 4. The van der Waals surface area contributed by atoms with E-state index in [2.05, 4.69) is 37.9 Å². The van der Waals surface area contributed by atoms with Gasteiger partial charge in [-0.25, -0.2) is 0 Å². The van der Waals surface area contributed by atoms with E-state index in [0.717, 1.165) is 5.56 Å². The maximum absolute atomic E-state index is 12.1. The Labute approximate surface area is 149 Å². The van der Waals surface area contributed by atoms with Gasteiger partial charge in [-0.1, -0.05) is 45.0 Å². The average molecular weight is 353 g/mol. The fourth-order valence-electron chi connectivity index (χ4n) is 2.36. The number of aromatic amines is 1. The van der Waals surface area contributed by atoms with Crippen LogP contribution in [0.15, 0.2) is 51.9 Å². The van der Waals surface area contributed by atoms with Crippen molar-refractivity contribution >= 4 is 29.3 Å². The molecule has 0 aliphatic rings. The maximum Gasteiger partial charge on any atom is 0.266 e. The quantitative estimate of drug-likeness (QED) is 0.737. The lowest BCUT2D eigenvalue weighted by Gasteiger charge is -2.18. The van der Waals surface area contributed by atoms with E-state index in [1.54, 1.807) is 12.1 Å². The minimum absolute atomic E-state index is 0.0906. The van der Waals surface area contributed by atoms with Gasteiger partial charge in [0, 0.05) is 6.08 Å². The summed E-state index contributed by atoms with van der Waals surface area (Å²) in [5.41, 5.74) is 2.07. The number of Topliss-reactive ketones (excluding diaryl/α,β-unsaturated/α-hetero) is 1. The summed E-state index contributed by atoms with van der Waals surface area (Å²) in [6.07, 6.45) is 4.65. The molecule has 0 aliphatic carbocycles. The van der Waals surface area contributed by atoms with Crippen molar-refractivity contribution < 1.29 is 9.21 Å². The van der Waals surface area contributed by atoms with E-state index < -0.39 is 0 Å². The van der Waals surface area contributed by atoms with E-state index in [1.807, 2.05) is 18.2 Å². The number of carbonyl (C=O) groups excluding carboxylic acids is 1. The molecule has 0 unspecified atom stereocenters. The van der Waals surface area contributed by atoms with E-state index in [4.69, 9.17) is 4.42 Å². The topological polar surface area (TPSA) is 63.1 Å². The average Bonchev–Trinajstić information content (AvgIpc) is 3.18. The van der Waals surface area contributed by atoms with E-state index in [1.165, 1.54) is 29.2 Å². The molecule has 0 saturated heterocycles. The number of carbonyl (C=O) groups is 1. The van der Waals surface area contributed by atoms with E-state index in [-0.39, 0.29) is 22.5 Å². The van der Waals surface area contributed by atoms with Gasteiger partial charge in [0.05, 0.1) is 15.5 Å². The number of benzene rings is 1. The number of thiazole rings is 1. The second kappa shape index (κ2) is 6.69. The molecule has 0 bridgehead atoms. The Morgan fingerprint density at radius 3 is 2.48 bits per heavy atom. The highest BCUT2D eigenvalue weighted by Gasteiger charge is 2.12. The van der Waals surface area contributed by atoms with Crippen molar-refractivity contribution in [2.75, 3.05) is 0 Å². The zero-order valence-electron chi connectivity index (χ0n) is 14.3. The van der Waals surface area contributed by atoms with Gasteiger partial charge in [-0.15, -0.1) is 11.3 Å². The Kier molecular flexibility index (Phi) is 4.59. The Morgan fingerprint density at radius 1 is 1.16 bits per heavy atom. The molecule has 2 heterocycles. The van der Waals surface area contributed by atoms with E-state index in [0.29, 0.717) is 9.20 Å². The molecule has 5 heteroatoms. The van der Waals surface area contributed by atoms with Gasteiger partial charge in [-0.2, -0.15) is 0 Å². The summed E-state index contributed by atoms with van der Waals surface area (Å²) in [7, 11) is 0. The molecular weight excluding hydrogens is 334 g/mol. The van der Waals surface area contributed by atoms with Crippen LogP contribution in [0.1, 0.15) is 42.5 Å². The van der Waals surface area contributed by atoms with Gasteiger partial charge >= 0.3 is 0 Å². The third kappa shape index (κ3) is 4.06. The summed E-state index contributed by atoms with van der Waals surface area (Å²) in [5.74, 6) is -0.0267. The third-order valence-corrected chi connectivity index (χ3v) is 4.74. The molecular formula is C20H19NO3S. The Morgan fingerprint density at radius 2 is 1.88 bits per heavy atom. The SMILES string of the molecule is CC(C)(C)c1ccc(/C=c2/s/c(=C\C(=O)c3ccco3)[nH]c2=O)cc1. The summed E-state index contributed by atoms with van der Waals surface area (Å²) in [6.45, 7) is 6.48. The molecule has 1 aromatic carbocycles. The number of ketones is 1. The Hall–Kier alpha value is -2.66. The molecule has 2 aromatic heterocycles. The molecule has 0 amide bonds. The van der Waals surface area contributed by atoms with Crippen LogP contribution in [0, 0.1) is 0 Å². The molecule has 1 N–H and O–H groups in total. The Balaban J connectivity index is 1.94. The number of rotatable bonds is 3. The molecule has 25 heavy (non-hydrogen) atoms. The van der Waals surface area contributed by atoms with Crippen LogP contribution in [0.3, 0.4) is 0 Å². The largest absolute Gasteiger partial charge is 0.461 e. The summed E-state index contributed by atoms with van der Waals surface area (Å²) in [6, 6.07) is 11.4. The van der Waals surface area contributed by atoms with Gasteiger partial charge in [0.25, 0.3) is 5.56 Å². The van der Waals surface area contributed by atoms with Crippen molar-refractivity contribution in [2.24, 2.45) is 0 Å². The van der Waals surface area contributed by atoms with Gasteiger partial charge in [-0.05, 0) is 34.8 Å². The fourth-order valence-corrected chi connectivity index (χ4v) is 3.25. The molecule has 3 aromatic rings. The monoisotopic (exact) mass is 353 g/mol. The summed E-state index contributed by atoms with van der Waals surface area (Å²) in [4.78, 5) is 26.8. The van der Waals surface area contributed by atoms with Crippen molar-refractivity contribution in [3.05, 3.63) is 79.1 Å². The lowest BCUT2D eigenvalue weighted by atomic mass is 9.87. The molecule has 0 aliphatic heterocycles. The van der Waals surface area contributed by atoms with E-state index >= 15 is 0 Å². The van der Waals surface area contributed by atoms with E-state index in [9.17, 15) is 9.59 Å². The number of hydrogen-bond donors (Lipinski definition) is 1. The number of nitrogens with one attached hydrogen (secondary N) is 1. The summed E-state index contributed by atoms with van der Waals surface area (Å²) < 4.78 is 6.12. The van der Waals surface area contributed by atoms with Crippen molar-refractivity contribution in [3.8, 4) is 0 Å². The first kappa shape index (κ1) is 17.2. The van der Waals surface area contributed by atoms with Crippen LogP contribution >= 0.6 is 11.3 Å². The van der Waals surface area contributed by atoms with Crippen LogP contribution in [-0.2, 0) is 5.41 Å². The highest BCUT2D eigenvalue weighted by atomic mass is 32.1. The van der Waals surface area contributed by atoms with Gasteiger partial charge < -0.3 is 9.40 Å². The van der Waals surface area contributed by atoms with Gasteiger partial charge in [0.1, 0.15) is 0 Å². The summed E-state index contributed by atoms with van der Waals surface area (Å²) >= 11 is 1.25. The minimum Gasteiger partial charge on any atom is -0.461 e. The van der Waals surface area contributed by atoms with Crippen molar-refractivity contribution in [2.45, 2.75) is 26.2 Å². The standard InChI is InChI=1S/C20H19NO3S/c1-20(2,3)14-8-6-13(7-9-14)11-17-19(23)21-18(25-17)12-15(22)16-5-4-10-24-16/h4-12H,1-3H3,(H,21,23)/b17-11+,18-12-. The predicted molar refractivity (Wildman–Crippen MR) is 100 cm³/mol. The van der Waals surface area contributed by atoms with Crippen LogP contribution in [0.4, 0.5) is 0 Å². The first-order chi connectivity index (χ1) is 11.8. The second-order valence-electron chi connectivity index (χ2n) is 6.79. The zero-order chi connectivity index (χ0) is 18.0. The van der Waals surface area contributed by atoms with Crippen LogP contribution < -0.4 is 14.8 Å².